The van der Waals surface area contributed by atoms with Gasteiger partial charge in [0.1, 0.15) is 17.7 Å². The second kappa shape index (κ2) is 9.42. The van der Waals surface area contributed by atoms with E-state index in [4.69, 9.17) is 44.3 Å². The van der Waals surface area contributed by atoms with Crippen LogP contribution in [0.4, 0.5) is 5.13 Å². The van der Waals surface area contributed by atoms with E-state index in [1.807, 2.05) is 31.2 Å². The molecule has 1 saturated heterocycles. The van der Waals surface area contributed by atoms with Gasteiger partial charge in [-0.1, -0.05) is 64.3 Å². The molecule has 0 N–H and O–H groups in total. The number of hydrogen-bond donors (Lipinski definition) is 0. The first-order chi connectivity index (χ1) is 14.9. The highest BCUT2D eigenvalue weighted by Gasteiger charge is 2.42. The molecule has 0 spiro atoms. The van der Waals surface area contributed by atoms with Gasteiger partial charge in [-0.05, 0) is 25.1 Å². The molecule has 0 radical (unpaired) electrons. The lowest BCUT2D eigenvalue weighted by atomic mass is 10.2. The summed E-state index contributed by atoms with van der Waals surface area (Å²) in [5.41, 5.74) is 0.903. The van der Waals surface area contributed by atoms with E-state index in [0.29, 0.717) is 36.7 Å². The maximum absolute atomic E-state index is 12.9. The molecule has 31 heavy (non-hydrogen) atoms. The highest BCUT2D eigenvalue weighted by Crippen LogP contribution is 2.48. The van der Waals surface area contributed by atoms with Gasteiger partial charge in [0.05, 0.1) is 22.4 Å². The van der Waals surface area contributed by atoms with Gasteiger partial charge < -0.3 is 9.47 Å². The number of rotatable bonds is 6. The van der Waals surface area contributed by atoms with Crippen LogP contribution >= 0.6 is 57.9 Å². The maximum atomic E-state index is 12.9. The molecule has 6 nitrogen and oxygen atoms in total. The fourth-order valence-electron chi connectivity index (χ4n) is 3.10. The number of para-hydroxylation sites is 1. The number of halogens is 3. The second-order valence-corrected chi connectivity index (χ2v) is 10.3. The molecule has 1 aromatic heterocycles. The third kappa shape index (κ3) is 4.59. The van der Waals surface area contributed by atoms with Gasteiger partial charge in [-0.2, -0.15) is 0 Å². The van der Waals surface area contributed by atoms with Gasteiger partial charge in [-0.3, -0.25) is 9.69 Å². The zero-order valence-electron chi connectivity index (χ0n) is 16.3. The fourth-order valence-corrected chi connectivity index (χ4v) is 6.16. The molecule has 1 aliphatic rings. The predicted molar refractivity (Wildman–Crippen MR) is 126 cm³/mol. The zero-order valence-corrected chi connectivity index (χ0v) is 20.2. The van der Waals surface area contributed by atoms with Crippen LogP contribution in [0.15, 0.2) is 36.4 Å². The number of carbonyl (C=O) groups excluding carboxylic acids is 1. The lowest BCUT2D eigenvalue weighted by Crippen LogP contribution is -2.30. The Bertz CT molecular complexity index is 1100. The van der Waals surface area contributed by atoms with E-state index >= 15 is 0 Å². The largest absolute Gasteiger partial charge is 0.496 e. The monoisotopic (exact) mass is 515 g/mol. The van der Waals surface area contributed by atoms with Crippen molar-refractivity contribution in [3.8, 4) is 11.5 Å². The minimum absolute atomic E-state index is 0.0340. The summed E-state index contributed by atoms with van der Waals surface area (Å²) in [7, 11) is 1.61. The molecule has 0 bridgehead atoms. The molecule has 1 aliphatic heterocycles. The van der Waals surface area contributed by atoms with Gasteiger partial charge >= 0.3 is 0 Å². The van der Waals surface area contributed by atoms with Crippen molar-refractivity contribution < 1.29 is 14.3 Å². The standard InChI is InChI=1S/C20H16Cl3N3O3S2/c1-10-18(27)26(19(30-10)12-5-3-4-6-15(12)28-2)20-25-24-16(31-20)9-29-17-13(22)7-11(21)8-14(17)23/h3-8,10,19H,9H2,1-2H3. The molecule has 0 saturated carbocycles. The molecule has 0 aliphatic carbocycles. The Balaban J connectivity index is 1.57. The summed E-state index contributed by atoms with van der Waals surface area (Å²) in [6.45, 7) is 1.98. The van der Waals surface area contributed by atoms with E-state index in [1.54, 1.807) is 35.9 Å². The van der Waals surface area contributed by atoms with E-state index in [1.165, 1.54) is 11.3 Å². The summed E-state index contributed by atoms with van der Waals surface area (Å²) >= 11 is 21.1. The number of benzene rings is 2. The highest BCUT2D eigenvalue weighted by atomic mass is 35.5. The number of hydrogen-bond acceptors (Lipinski definition) is 7. The Morgan fingerprint density at radius 2 is 1.84 bits per heavy atom. The normalized spacial score (nSPS) is 18.5. The van der Waals surface area contributed by atoms with Gasteiger partial charge in [-0.25, -0.2) is 0 Å². The van der Waals surface area contributed by atoms with Crippen LogP contribution in [0, 0.1) is 0 Å². The van der Waals surface area contributed by atoms with Crippen molar-refractivity contribution in [2.75, 3.05) is 12.0 Å². The average Bonchev–Trinajstić information content (AvgIpc) is 3.31. The summed E-state index contributed by atoms with van der Waals surface area (Å²) in [6.07, 6.45) is 0. The van der Waals surface area contributed by atoms with Crippen LogP contribution in [0.1, 0.15) is 22.9 Å². The predicted octanol–water partition coefficient (Wildman–Crippen LogP) is 6.25. The van der Waals surface area contributed by atoms with Crippen molar-refractivity contribution in [2.24, 2.45) is 0 Å². The summed E-state index contributed by atoms with van der Waals surface area (Å²) in [5, 5.41) is 10.0. The molecule has 3 aromatic rings. The summed E-state index contributed by atoms with van der Waals surface area (Å²) in [5.74, 6) is 0.998. The molecular weight excluding hydrogens is 501 g/mol. The Labute approximate surface area is 202 Å². The van der Waals surface area contributed by atoms with Gasteiger partial charge in [-0.15, -0.1) is 22.0 Å². The quantitative estimate of drug-likeness (QED) is 0.386. The van der Waals surface area contributed by atoms with Crippen molar-refractivity contribution in [3.05, 3.63) is 62.0 Å². The van der Waals surface area contributed by atoms with Crippen LogP contribution in [-0.2, 0) is 11.4 Å². The average molecular weight is 517 g/mol. The lowest BCUT2D eigenvalue weighted by molar-refractivity contribution is -0.117. The number of aromatic nitrogens is 2. The Kier molecular flexibility index (Phi) is 6.83. The van der Waals surface area contributed by atoms with Crippen molar-refractivity contribution >= 4 is 68.9 Å². The van der Waals surface area contributed by atoms with Gasteiger partial charge in [0, 0.05) is 10.6 Å². The van der Waals surface area contributed by atoms with Crippen LogP contribution in [0.2, 0.25) is 15.1 Å². The first-order valence-electron chi connectivity index (χ1n) is 9.10. The summed E-state index contributed by atoms with van der Waals surface area (Å²) in [6, 6.07) is 10.7. The number of methoxy groups -OCH3 is 1. The van der Waals surface area contributed by atoms with Crippen molar-refractivity contribution in [3.63, 3.8) is 0 Å². The van der Waals surface area contributed by atoms with Crippen LogP contribution < -0.4 is 14.4 Å². The molecule has 2 unspecified atom stereocenters. The van der Waals surface area contributed by atoms with E-state index in [0.717, 1.165) is 5.56 Å². The van der Waals surface area contributed by atoms with Crippen LogP contribution in [0.3, 0.4) is 0 Å². The Hall–Kier alpha value is -1.71. The molecule has 1 fully saturated rings. The first-order valence-corrected chi connectivity index (χ1v) is 12.0. The second-order valence-electron chi connectivity index (χ2n) is 6.55. The van der Waals surface area contributed by atoms with Crippen LogP contribution in [0.5, 0.6) is 11.5 Å². The van der Waals surface area contributed by atoms with Gasteiger partial charge in [0.2, 0.25) is 11.0 Å². The number of carbonyl (C=O) groups is 1. The molecule has 2 heterocycles. The number of amides is 1. The topological polar surface area (TPSA) is 64.5 Å². The van der Waals surface area contributed by atoms with Crippen LogP contribution in [0.25, 0.3) is 0 Å². The third-order valence-corrected chi connectivity index (χ3v) is 7.53. The van der Waals surface area contributed by atoms with Crippen LogP contribution in [-0.4, -0.2) is 28.5 Å². The molecule has 1 amide bonds. The first kappa shape index (κ1) is 22.5. The van der Waals surface area contributed by atoms with E-state index in [-0.39, 0.29) is 23.1 Å². The number of thioether (sulfide) groups is 1. The SMILES string of the molecule is COc1ccccc1C1SC(C)C(=O)N1c1nnc(COc2c(Cl)cc(Cl)cc2Cl)s1. The number of ether oxygens (including phenoxy) is 2. The fraction of sp³-hybridized carbons (Fsp3) is 0.250. The van der Waals surface area contributed by atoms with Crippen molar-refractivity contribution in [2.45, 2.75) is 24.2 Å². The minimum atomic E-state index is -0.263. The zero-order chi connectivity index (χ0) is 22.1. The van der Waals surface area contributed by atoms with Crippen molar-refractivity contribution in [1.82, 2.24) is 10.2 Å². The number of anilines is 1. The van der Waals surface area contributed by atoms with Crippen molar-refractivity contribution in [1.29, 1.82) is 0 Å². The molecule has 2 atom stereocenters. The smallest absolute Gasteiger partial charge is 0.242 e. The summed E-state index contributed by atoms with van der Waals surface area (Å²) in [4.78, 5) is 14.6. The minimum Gasteiger partial charge on any atom is -0.496 e. The van der Waals surface area contributed by atoms with E-state index in [2.05, 4.69) is 10.2 Å². The van der Waals surface area contributed by atoms with E-state index < -0.39 is 0 Å². The van der Waals surface area contributed by atoms with Gasteiger partial charge in [0.25, 0.3) is 0 Å². The highest BCUT2D eigenvalue weighted by molar-refractivity contribution is 8.01. The third-order valence-electron chi connectivity index (χ3n) is 4.52. The Morgan fingerprint density at radius 3 is 2.55 bits per heavy atom. The number of nitrogens with zero attached hydrogens (tertiary/aromatic N) is 3. The molecule has 4 rings (SSSR count). The molecule has 162 valence electrons. The Morgan fingerprint density at radius 1 is 1.13 bits per heavy atom. The molecule has 11 heteroatoms. The maximum Gasteiger partial charge on any atom is 0.242 e. The molecular formula is C20H16Cl3N3O3S2. The van der Waals surface area contributed by atoms with Gasteiger partial charge in [0.15, 0.2) is 10.8 Å². The van der Waals surface area contributed by atoms with E-state index in [9.17, 15) is 4.79 Å². The summed E-state index contributed by atoms with van der Waals surface area (Å²) < 4.78 is 11.2. The lowest BCUT2D eigenvalue weighted by Gasteiger charge is -2.22. The molecule has 2 aromatic carbocycles.